The molecule has 2 heterocycles. The largest absolute Gasteiger partial charge is 0.489 e. The molecule has 1 N–H and O–H groups in total. The summed E-state index contributed by atoms with van der Waals surface area (Å²) in [5.41, 5.74) is 2.39. The lowest BCUT2D eigenvalue weighted by molar-refractivity contribution is 0.0950. The first-order chi connectivity index (χ1) is 11.1. The number of hydrogen-bond donors (Lipinski definition) is 1. The topological polar surface area (TPSA) is 56.1 Å². The Morgan fingerprint density at radius 2 is 2.39 bits per heavy atom. The van der Waals surface area contributed by atoms with Crippen molar-refractivity contribution >= 4 is 17.7 Å². The minimum atomic E-state index is -0.133. The molecule has 3 rings (SSSR count). The van der Waals surface area contributed by atoms with Crippen LogP contribution < -0.4 is 10.1 Å². The molecule has 0 spiro atoms. The second-order valence-electron chi connectivity index (χ2n) is 5.51. The van der Waals surface area contributed by atoms with Crippen LogP contribution in [0.15, 0.2) is 47.8 Å². The fourth-order valence-electron chi connectivity index (χ4n) is 2.25. The highest BCUT2D eigenvalue weighted by molar-refractivity contribution is 7.99. The Bertz CT molecular complexity index is 718. The SMILES string of the molecule is C=C(C)COc1cccc(C(=O)NCc2cn3c(n2)SCC3)c1. The van der Waals surface area contributed by atoms with E-state index in [1.807, 2.05) is 25.3 Å². The Hall–Kier alpha value is -2.21. The lowest BCUT2D eigenvalue weighted by atomic mass is 10.2. The Morgan fingerprint density at radius 1 is 1.52 bits per heavy atom. The number of amides is 1. The molecule has 0 unspecified atom stereocenters. The monoisotopic (exact) mass is 329 g/mol. The molecule has 0 atom stereocenters. The second-order valence-corrected chi connectivity index (χ2v) is 6.58. The van der Waals surface area contributed by atoms with E-state index in [0.717, 1.165) is 28.7 Å². The molecule has 0 aliphatic carbocycles. The molecule has 0 fully saturated rings. The van der Waals surface area contributed by atoms with Crippen LogP contribution in [-0.4, -0.2) is 27.8 Å². The van der Waals surface area contributed by atoms with Crippen LogP contribution in [0.25, 0.3) is 0 Å². The van der Waals surface area contributed by atoms with Gasteiger partial charge < -0.3 is 14.6 Å². The van der Waals surface area contributed by atoms with Gasteiger partial charge in [0.1, 0.15) is 12.4 Å². The number of fused-ring (bicyclic) bond motifs is 1. The number of nitrogens with one attached hydrogen (secondary N) is 1. The second kappa shape index (κ2) is 6.91. The maximum Gasteiger partial charge on any atom is 0.251 e. The van der Waals surface area contributed by atoms with Gasteiger partial charge in [-0.3, -0.25) is 4.79 Å². The third-order valence-corrected chi connectivity index (χ3v) is 4.34. The van der Waals surface area contributed by atoms with Gasteiger partial charge in [0, 0.05) is 24.1 Å². The van der Waals surface area contributed by atoms with Crippen LogP contribution in [0, 0.1) is 0 Å². The number of imidazole rings is 1. The van der Waals surface area contributed by atoms with Crippen molar-refractivity contribution in [3.05, 3.63) is 53.9 Å². The van der Waals surface area contributed by atoms with Crippen molar-refractivity contribution in [1.82, 2.24) is 14.9 Å². The molecule has 120 valence electrons. The van der Waals surface area contributed by atoms with Gasteiger partial charge in [0.15, 0.2) is 5.16 Å². The van der Waals surface area contributed by atoms with Crippen LogP contribution in [0.2, 0.25) is 0 Å². The van der Waals surface area contributed by atoms with Gasteiger partial charge in [-0.05, 0) is 30.7 Å². The molecule has 0 saturated heterocycles. The molecule has 0 saturated carbocycles. The van der Waals surface area contributed by atoms with Crippen molar-refractivity contribution < 1.29 is 9.53 Å². The van der Waals surface area contributed by atoms with E-state index in [-0.39, 0.29) is 5.91 Å². The molecule has 5 nitrogen and oxygen atoms in total. The van der Waals surface area contributed by atoms with E-state index < -0.39 is 0 Å². The summed E-state index contributed by atoms with van der Waals surface area (Å²) in [6, 6.07) is 7.15. The molecule has 1 aliphatic heterocycles. The van der Waals surface area contributed by atoms with E-state index in [2.05, 4.69) is 21.4 Å². The number of nitrogens with zero attached hydrogens (tertiary/aromatic N) is 2. The predicted octanol–water partition coefficient (Wildman–Crippen LogP) is 2.87. The third-order valence-electron chi connectivity index (χ3n) is 3.36. The summed E-state index contributed by atoms with van der Waals surface area (Å²) in [5.74, 6) is 1.61. The van der Waals surface area contributed by atoms with Gasteiger partial charge >= 0.3 is 0 Å². The van der Waals surface area contributed by atoms with Crippen LogP contribution in [0.5, 0.6) is 5.75 Å². The number of aryl methyl sites for hydroxylation is 1. The standard InChI is InChI=1S/C17H19N3O2S/c1-12(2)11-22-15-5-3-4-13(8-15)16(21)18-9-14-10-20-6-7-23-17(20)19-14/h3-5,8,10H,1,6-7,9,11H2,2H3,(H,18,21). The lowest BCUT2D eigenvalue weighted by Gasteiger charge is -2.08. The van der Waals surface area contributed by atoms with E-state index in [0.29, 0.717) is 24.5 Å². The van der Waals surface area contributed by atoms with E-state index in [1.54, 1.807) is 23.9 Å². The van der Waals surface area contributed by atoms with E-state index in [9.17, 15) is 4.79 Å². The summed E-state index contributed by atoms with van der Waals surface area (Å²) in [6.45, 7) is 7.56. The number of benzene rings is 1. The molecule has 2 aromatic rings. The molecular formula is C17H19N3O2S. The summed E-state index contributed by atoms with van der Waals surface area (Å²) in [4.78, 5) is 16.8. The number of ether oxygens (including phenoxy) is 1. The number of thioether (sulfide) groups is 1. The highest BCUT2D eigenvalue weighted by atomic mass is 32.2. The molecule has 6 heteroatoms. The van der Waals surface area contributed by atoms with E-state index in [4.69, 9.17) is 4.74 Å². The third kappa shape index (κ3) is 3.96. The van der Waals surface area contributed by atoms with E-state index >= 15 is 0 Å². The van der Waals surface area contributed by atoms with Crippen LogP contribution >= 0.6 is 11.8 Å². The number of rotatable bonds is 6. The number of aromatic nitrogens is 2. The molecular weight excluding hydrogens is 310 g/mol. The number of hydrogen-bond acceptors (Lipinski definition) is 4. The Balaban J connectivity index is 1.59. The Kier molecular flexibility index (Phi) is 4.71. The van der Waals surface area contributed by atoms with Gasteiger partial charge in [-0.2, -0.15) is 0 Å². The zero-order valence-corrected chi connectivity index (χ0v) is 13.9. The summed E-state index contributed by atoms with van der Waals surface area (Å²) in [6.07, 6.45) is 2.00. The molecule has 0 bridgehead atoms. The van der Waals surface area contributed by atoms with Crippen LogP contribution in [-0.2, 0) is 13.1 Å². The smallest absolute Gasteiger partial charge is 0.251 e. The van der Waals surface area contributed by atoms with Crippen LogP contribution in [0.1, 0.15) is 23.0 Å². The lowest BCUT2D eigenvalue weighted by Crippen LogP contribution is -2.23. The minimum absolute atomic E-state index is 0.133. The minimum Gasteiger partial charge on any atom is -0.489 e. The van der Waals surface area contributed by atoms with Gasteiger partial charge in [-0.15, -0.1) is 0 Å². The zero-order chi connectivity index (χ0) is 16.2. The van der Waals surface area contributed by atoms with E-state index in [1.165, 1.54) is 0 Å². The summed E-state index contributed by atoms with van der Waals surface area (Å²) in [7, 11) is 0. The van der Waals surface area contributed by atoms with Crippen molar-refractivity contribution in [2.24, 2.45) is 0 Å². The fraction of sp³-hybridized carbons (Fsp3) is 0.294. The van der Waals surface area contributed by atoms with Crippen LogP contribution in [0.4, 0.5) is 0 Å². The van der Waals surface area contributed by atoms with Gasteiger partial charge in [-0.25, -0.2) is 4.98 Å². The number of carbonyl (C=O) groups is 1. The zero-order valence-electron chi connectivity index (χ0n) is 13.0. The summed E-state index contributed by atoms with van der Waals surface area (Å²) >= 11 is 1.74. The molecule has 23 heavy (non-hydrogen) atoms. The average Bonchev–Trinajstić information content (AvgIpc) is 3.12. The summed E-state index contributed by atoms with van der Waals surface area (Å²) < 4.78 is 7.69. The van der Waals surface area contributed by atoms with Crippen molar-refractivity contribution in [2.45, 2.75) is 25.2 Å². The summed E-state index contributed by atoms with van der Waals surface area (Å²) in [5, 5.41) is 3.93. The van der Waals surface area contributed by atoms with Crippen molar-refractivity contribution in [3.8, 4) is 5.75 Å². The van der Waals surface area contributed by atoms with Gasteiger partial charge in [-0.1, -0.05) is 24.4 Å². The fourth-order valence-corrected chi connectivity index (χ4v) is 3.22. The van der Waals surface area contributed by atoms with Crippen molar-refractivity contribution in [3.63, 3.8) is 0 Å². The van der Waals surface area contributed by atoms with Crippen molar-refractivity contribution in [2.75, 3.05) is 12.4 Å². The maximum absolute atomic E-state index is 12.3. The van der Waals surface area contributed by atoms with Gasteiger partial charge in [0.2, 0.25) is 0 Å². The van der Waals surface area contributed by atoms with Crippen LogP contribution in [0.3, 0.4) is 0 Å². The first-order valence-corrected chi connectivity index (χ1v) is 8.44. The molecule has 1 amide bonds. The molecule has 1 aliphatic rings. The quantitative estimate of drug-likeness (QED) is 0.828. The Morgan fingerprint density at radius 3 is 3.17 bits per heavy atom. The Labute approximate surface area is 139 Å². The average molecular weight is 329 g/mol. The normalized spacial score (nSPS) is 12.7. The van der Waals surface area contributed by atoms with Crippen molar-refractivity contribution in [1.29, 1.82) is 0 Å². The predicted molar refractivity (Wildman–Crippen MR) is 90.9 cm³/mol. The molecule has 1 aromatic heterocycles. The highest BCUT2D eigenvalue weighted by Crippen LogP contribution is 2.24. The van der Waals surface area contributed by atoms with Gasteiger partial charge in [0.05, 0.1) is 12.2 Å². The molecule has 0 radical (unpaired) electrons. The first kappa shape index (κ1) is 15.7. The van der Waals surface area contributed by atoms with Gasteiger partial charge in [0.25, 0.3) is 5.91 Å². The maximum atomic E-state index is 12.3. The number of carbonyl (C=O) groups excluding carboxylic acids is 1. The highest BCUT2D eigenvalue weighted by Gasteiger charge is 2.15. The molecule has 1 aromatic carbocycles. The first-order valence-electron chi connectivity index (χ1n) is 7.46.